The van der Waals surface area contributed by atoms with Crippen molar-refractivity contribution in [1.29, 1.82) is 0 Å². The maximum atomic E-state index is 12.2. The van der Waals surface area contributed by atoms with Crippen molar-refractivity contribution < 1.29 is 13.2 Å². The molecule has 1 atom stereocenters. The van der Waals surface area contributed by atoms with E-state index in [4.69, 9.17) is 4.74 Å². The van der Waals surface area contributed by atoms with Crippen LogP contribution in [0.1, 0.15) is 25.5 Å². The van der Waals surface area contributed by atoms with Gasteiger partial charge in [0, 0.05) is 35.0 Å². The smallest absolute Gasteiger partial charge is 0.235 e. The zero-order valence-corrected chi connectivity index (χ0v) is 13.8. The summed E-state index contributed by atoms with van der Waals surface area (Å²) in [6, 6.07) is 6.50. The van der Waals surface area contributed by atoms with Crippen LogP contribution in [0.5, 0.6) is 0 Å². The summed E-state index contributed by atoms with van der Waals surface area (Å²) < 4.78 is 32.3. The third-order valence-electron chi connectivity index (χ3n) is 3.97. The van der Waals surface area contributed by atoms with Gasteiger partial charge in [-0.05, 0) is 37.5 Å². The number of pyridine rings is 1. The van der Waals surface area contributed by atoms with Crippen LogP contribution in [0.25, 0.3) is 10.9 Å². The van der Waals surface area contributed by atoms with Crippen molar-refractivity contribution in [2.45, 2.75) is 32.3 Å². The molecule has 0 spiro atoms. The average molecular weight is 336 g/mol. The number of H-pyrrole nitrogens is 1. The van der Waals surface area contributed by atoms with E-state index in [1.807, 2.05) is 6.92 Å². The molecule has 1 aliphatic rings. The summed E-state index contributed by atoms with van der Waals surface area (Å²) in [6.45, 7) is 2.58. The molecular weight excluding hydrogens is 316 g/mol. The van der Waals surface area contributed by atoms with Gasteiger partial charge in [0.2, 0.25) is 10.0 Å². The molecule has 0 aliphatic carbocycles. The Bertz CT molecular complexity index is 867. The highest BCUT2D eigenvalue weighted by Gasteiger charge is 2.23. The zero-order chi connectivity index (χ0) is 16.4. The van der Waals surface area contributed by atoms with E-state index in [-0.39, 0.29) is 17.3 Å². The lowest BCUT2D eigenvalue weighted by Gasteiger charge is -2.12. The molecule has 2 heterocycles. The van der Waals surface area contributed by atoms with Crippen LogP contribution in [0.2, 0.25) is 0 Å². The predicted molar refractivity (Wildman–Crippen MR) is 90.3 cm³/mol. The van der Waals surface area contributed by atoms with Gasteiger partial charge in [-0.15, -0.1) is 0 Å². The number of aromatic amines is 1. The molecule has 1 aliphatic heterocycles. The number of hydrogen-bond acceptors (Lipinski definition) is 4. The molecule has 0 saturated carbocycles. The first-order valence-corrected chi connectivity index (χ1v) is 9.40. The number of sulfonamides is 1. The van der Waals surface area contributed by atoms with Gasteiger partial charge in [-0.2, -0.15) is 0 Å². The first-order valence-electron chi connectivity index (χ1n) is 7.75. The molecule has 7 heteroatoms. The van der Waals surface area contributed by atoms with E-state index in [1.54, 1.807) is 24.3 Å². The van der Waals surface area contributed by atoms with Gasteiger partial charge in [-0.25, -0.2) is 8.42 Å². The van der Waals surface area contributed by atoms with Crippen molar-refractivity contribution in [3.05, 3.63) is 40.2 Å². The van der Waals surface area contributed by atoms with E-state index in [1.165, 1.54) is 0 Å². The summed E-state index contributed by atoms with van der Waals surface area (Å²) in [4.78, 5) is 15.3. The Morgan fingerprint density at radius 2 is 2.17 bits per heavy atom. The lowest BCUT2D eigenvalue weighted by atomic mass is 10.1. The summed E-state index contributed by atoms with van der Waals surface area (Å²) in [6.07, 6.45) is 2.15. The molecule has 124 valence electrons. The van der Waals surface area contributed by atoms with Crippen molar-refractivity contribution in [1.82, 2.24) is 4.98 Å². The third kappa shape index (κ3) is 3.73. The van der Waals surface area contributed by atoms with Crippen LogP contribution in [-0.2, 0) is 21.2 Å². The summed E-state index contributed by atoms with van der Waals surface area (Å²) in [5.41, 5.74) is 1.84. The average Bonchev–Trinajstić information content (AvgIpc) is 2.99. The maximum absolute atomic E-state index is 12.2. The molecule has 23 heavy (non-hydrogen) atoms. The van der Waals surface area contributed by atoms with Gasteiger partial charge >= 0.3 is 0 Å². The van der Waals surface area contributed by atoms with Crippen molar-refractivity contribution >= 4 is 26.6 Å². The fourth-order valence-electron chi connectivity index (χ4n) is 2.80. The van der Waals surface area contributed by atoms with Crippen LogP contribution in [0.4, 0.5) is 5.69 Å². The Morgan fingerprint density at radius 3 is 2.87 bits per heavy atom. The van der Waals surface area contributed by atoms with Gasteiger partial charge < -0.3 is 9.72 Å². The largest absolute Gasteiger partial charge is 0.377 e. The van der Waals surface area contributed by atoms with E-state index >= 15 is 0 Å². The number of fused-ring (bicyclic) bond motifs is 1. The molecule has 1 saturated heterocycles. The molecule has 1 aromatic carbocycles. The molecule has 0 radical (unpaired) electrons. The number of rotatable bonds is 5. The minimum absolute atomic E-state index is 0.0594. The number of anilines is 1. The maximum Gasteiger partial charge on any atom is 0.235 e. The quantitative estimate of drug-likeness (QED) is 0.874. The number of benzene rings is 1. The minimum atomic E-state index is -3.50. The van der Waals surface area contributed by atoms with Crippen LogP contribution in [0.15, 0.2) is 29.1 Å². The molecule has 6 nitrogen and oxygen atoms in total. The Morgan fingerprint density at radius 1 is 1.35 bits per heavy atom. The standard InChI is InChI=1S/C16H20N2O4S/c1-2-11-9-16(19)14-8-12(5-6-15(14)17-11)18-23(20,21)10-13-4-3-7-22-13/h5-6,8-9,13,18H,2-4,7,10H2,1H3,(H,17,19). The van der Waals surface area contributed by atoms with E-state index < -0.39 is 10.0 Å². The molecule has 1 unspecified atom stereocenters. The third-order valence-corrected chi connectivity index (χ3v) is 5.33. The fourth-order valence-corrected chi connectivity index (χ4v) is 4.12. The van der Waals surface area contributed by atoms with E-state index in [0.29, 0.717) is 23.2 Å². The molecule has 3 rings (SSSR count). The second-order valence-electron chi connectivity index (χ2n) is 5.79. The summed E-state index contributed by atoms with van der Waals surface area (Å²) >= 11 is 0. The van der Waals surface area contributed by atoms with Gasteiger partial charge in [0.25, 0.3) is 0 Å². The fraction of sp³-hybridized carbons (Fsp3) is 0.438. The van der Waals surface area contributed by atoms with Crippen molar-refractivity contribution in [2.24, 2.45) is 0 Å². The van der Waals surface area contributed by atoms with Crippen LogP contribution in [0.3, 0.4) is 0 Å². The number of aryl methyl sites for hydroxylation is 1. The zero-order valence-electron chi connectivity index (χ0n) is 13.0. The molecule has 1 aromatic heterocycles. The number of hydrogen-bond donors (Lipinski definition) is 2. The number of ether oxygens (including phenoxy) is 1. The van der Waals surface area contributed by atoms with Crippen LogP contribution in [-0.4, -0.2) is 31.9 Å². The van der Waals surface area contributed by atoms with Crippen molar-refractivity contribution in [2.75, 3.05) is 17.1 Å². The van der Waals surface area contributed by atoms with Gasteiger partial charge in [-0.3, -0.25) is 9.52 Å². The predicted octanol–water partition coefficient (Wildman–Crippen LogP) is 2.01. The molecular formula is C16H20N2O4S. The lowest BCUT2D eigenvalue weighted by Crippen LogP contribution is -2.25. The lowest BCUT2D eigenvalue weighted by molar-refractivity contribution is 0.127. The summed E-state index contributed by atoms with van der Waals surface area (Å²) in [7, 11) is -3.50. The summed E-state index contributed by atoms with van der Waals surface area (Å²) in [5, 5.41) is 0.472. The van der Waals surface area contributed by atoms with E-state index in [0.717, 1.165) is 25.0 Å². The van der Waals surface area contributed by atoms with Gasteiger partial charge in [-0.1, -0.05) is 6.92 Å². The SMILES string of the molecule is CCc1cc(=O)c2cc(NS(=O)(=O)CC3CCCO3)ccc2[nH]1. The van der Waals surface area contributed by atoms with Gasteiger partial charge in [0.1, 0.15) is 0 Å². The number of nitrogens with one attached hydrogen (secondary N) is 2. The Labute approximate surface area is 134 Å². The molecule has 2 N–H and O–H groups in total. The molecule has 1 fully saturated rings. The van der Waals surface area contributed by atoms with Gasteiger partial charge in [0.05, 0.1) is 11.9 Å². The normalized spacial score (nSPS) is 18.4. The first kappa shape index (κ1) is 16.0. The summed E-state index contributed by atoms with van der Waals surface area (Å²) in [5.74, 6) is -0.0594. The molecule has 0 bridgehead atoms. The van der Waals surface area contributed by atoms with Crippen LogP contribution < -0.4 is 10.2 Å². The van der Waals surface area contributed by atoms with E-state index in [2.05, 4.69) is 9.71 Å². The highest BCUT2D eigenvalue weighted by atomic mass is 32.2. The Hall–Kier alpha value is -1.86. The monoisotopic (exact) mass is 336 g/mol. The Balaban J connectivity index is 1.85. The van der Waals surface area contributed by atoms with Crippen molar-refractivity contribution in [3.8, 4) is 0 Å². The second-order valence-corrected chi connectivity index (χ2v) is 7.56. The molecule has 0 amide bonds. The topological polar surface area (TPSA) is 88.3 Å². The molecule has 2 aromatic rings. The highest BCUT2D eigenvalue weighted by molar-refractivity contribution is 7.92. The van der Waals surface area contributed by atoms with Crippen LogP contribution >= 0.6 is 0 Å². The Kier molecular flexibility index (Phi) is 4.41. The van der Waals surface area contributed by atoms with Gasteiger partial charge in [0.15, 0.2) is 5.43 Å². The second kappa shape index (κ2) is 6.33. The minimum Gasteiger partial charge on any atom is -0.377 e. The van der Waals surface area contributed by atoms with E-state index in [9.17, 15) is 13.2 Å². The first-order chi connectivity index (χ1) is 11.0. The highest BCUT2D eigenvalue weighted by Crippen LogP contribution is 2.19. The van der Waals surface area contributed by atoms with Crippen molar-refractivity contribution in [3.63, 3.8) is 0 Å². The number of aromatic nitrogens is 1. The van der Waals surface area contributed by atoms with Crippen LogP contribution in [0, 0.1) is 0 Å².